The molecule has 1 unspecified atom stereocenters. The van der Waals surface area contributed by atoms with Crippen LogP contribution >= 0.6 is 0 Å². The summed E-state index contributed by atoms with van der Waals surface area (Å²) in [4.78, 5) is 10.9. The third-order valence-electron chi connectivity index (χ3n) is 3.83. The van der Waals surface area contributed by atoms with Crippen LogP contribution in [-0.2, 0) is 9.53 Å². The van der Waals surface area contributed by atoms with Gasteiger partial charge in [-0.25, -0.2) is 0 Å². The van der Waals surface area contributed by atoms with E-state index >= 15 is 0 Å². The topological polar surface area (TPSA) is 46.5 Å². The van der Waals surface area contributed by atoms with Gasteiger partial charge >= 0.3 is 5.97 Å². The highest BCUT2D eigenvalue weighted by molar-refractivity contribution is 5.68. The van der Waals surface area contributed by atoms with Gasteiger partial charge in [-0.05, 0) is 45.1 Å². The van der Waals surface area contributed by atoms with E-state index < -0.39 is 6.10 Å². The van der Waals surface area contributed by atoms with E-state index in [1.807, 2.05) is 6.08 Å². The van der Waals surface area contributed by atoms with Crippen LogP contribution in [0.1, 0.15) is 84.5 Å². The molecule has 132 valence electrons. The molecule has 0 bridgehead atoms. The highest BCUT2D eigenvalue weighted by Gasteiger charge is 2.01. The molecule has 0 radical (unpaired) electrons. The highest BCUT2D eigenvalue weighted by Crippen LogP contribution is 2.09. The Morgan fingerprint density at radius 3 is 2.43 bits per heavy atom. The summed E-state index contributed by atoms with van der Waals surface area (Å²) in [7, 11) is 1.42. The molecule has 23 heavy (non-hydrogen) atoms. The van der Waals surface area contributed by atoms with Gasteiger partial charge in [0.15, 0.2) is 0 Å². The van der Waals surface area contributed by atoms with Crippen molar-refractivity contribution in [2.45, 2.75) is 90.6 Å². The number of allylic oxidation sites excluding steroid dienone is 2. The molecule has 0 spiro atoms. The Hall–Kier alpha value is -1.27. The van der Waals surface area contributed by atoms with Crippen molar-refractivity contribution in [3.8, 4) is 11.8 Å². The second kappa shape index (κ2) is 15.6. The molecule has 0 aromatic heterocycles. The van der Waals surface area contributed by atoms with Crippen LogP contribution < -0.4 is 0 Å². The average molecular weight is 322 g/mol. The molecule has 1 atom stereocenters. The molecule has 3 nitrogen and oxygen atoms in total. The van der Waals surface area contributed by atoms with Gasteiger partial charge in [-0.1, -0.05) is 56.4 Å². The number of aliphatic hydroxyl groups is 1. The minimum absolute atomic E-state index is 0.146. The van der Waals surface area contributed by atoms with E-state index in [2.05, 4.69) is 30.4 Å². The van der Waals surface area contributed by atoms with Crippen molar-refractivity contribution in [2.75, 3.05) is 7.11 Å². The Morgan fingerprint density at radius 1 is 1.09 bits per heavy atom. The molecule has 0 amide bonds. The molecule has 0 aliphatic heterocycles. The Morgan fingerprint density at radius 2 is 1.74 bits per heavy atom. The van der Waals surface area contributed by atoms with Crippen molar-refractivity contribution in [3.63, 3.8) is 0 Å². The van der Waals surface area contributed by atoms with Crippen LogP contribution in [0.2, 0.25) is 0 Å². The van der Waals surface area contributed by atoms with Gasteiger partial charge in [0.1, 0.15) is 6.10 Å². The molecule has 0 aliphatic carbocycles. The largest absolute Gasteiger partial charge is 0.469 e. The van der Waals surface area contributed by atoms with Gasteiger partial charge in [0.2, 0.25) is 0 Å². The van der Waals surface area contributed by atoms with Crippen LogP contribution in [0, 0.1) is 11.8 Å². The summed E-state index contributed by atoms with van der Waals surface area (Å²) in [5, 5.41) is 9.81. The number of esters is 1. The summed E-state index contributed by atoms with van der Waals surface area (Å²) in [6.07, 6.45) is 12.6. The molecule has 0 saturated carbocycles. The number of hydrogen-bond donors (Lipinski definition) is 1. The fourth-order valence-corrected chi connectivity index (χ4v) is 2.30. The number of rotatable bonds is 12. The molecular weight excluding hydrogens is 288 g/mol. The van der Waals surface area contributed by atoms with Gasteiger partial charge in [0.25, 0.3) is 0 Å². The molecular formula is C20H34O3. The Labute approximate surface area is 142 Å². The predicted octanol–water partition coefficient (Wildman–Crippen LogP) is 4.78. The summed E-state index contributed by atoms with van der Waals surface area (Å²) < 4.78 is 4.59. The first-order chi connectivity index (χ1) is 11.1. The van der Waals surface area contributed by atoms with Gasteiger partial charge in [0, 0.05) is 6.42 Å². The first-order valence-electron chi connectivity index (χ1n) is 9.01. The zero-order valence-corrected chi connectivity index (χ0v) is 15.2. The number of methoxy groups -OCH3 is 1. The van der Waals surface area contributed by atoms with Gasteiger partial charge in [-0.15, -0.1) is 0 Å². The molecule has 0 fully saturated rings. The molecule has 0 aromatic rings. The zero-order chi connectivity index (χ0) is 17.3. The second-order valence-corrected chi connectivity index (χ2v) is 6.13. The first kappa shape index (κ1) is 21.7. The highest BCUT2D eigenvalue weighted by atomic mass is 16.5. The summed E-state index contributed by atoms with van der Waals surface area (Å²) in [6, 6.07) is 0. The standard InChI is InChI=1S/C20H34O3/c1-4-5-6-9-13-18(2)14-12-16-19(21)15-10-7-8-11-17-20(22)23-3/h14,19,21H,4-11,13,15,17H2,1-3H3/b18-14+. The maximum absolute atomic E-state index is 10.9. The zero-order valence-electron chi connectivity index (χ0n) is 15.2. The lowest BCUT2D eigenvalue weighted by molar-refractivity contribution is -0.140. The predicted molar refractivity (Wildman–Crippen MR) is 96.0 cm³/mol. The van der Waals surface area contributed by atoms with Gasteiger partial charge in [-0.2, -0.15) is 0 Å². The van der Waals surface area contributed by atoms with Crippen LogP contribution in [0.4, 0.5) is 0 Å². The van der Waals surface area contributed by atoms with Gasteiger partial charge < -0.3 is 9.84 Å². The van der Waals surface area contributed by atoms with Gasteiger partial charge in [0.05, 0.1) is 7.11 Å². The number of carbonyl (C=O) groups excluding carboxylic acids is 1. The quantitative estimate of drug-likeness (QED) is 0.319. The van der Waals surface area contributed by atoms with E-state index in [1.165, 1.54) is 38.4 Å². The lowest BCUT2D eigenvalue weighted by Gasteiger charge is -2.03. The smallest absolute Gasteiger partial charge is 0.305 e. The summed E-state index contributed by atoms with van der Waals surface area (Å²) in [6.45, 7) is 4.32. The average Bonchev–Trinajstić information content (AvgIpc) is 2.54. The van der Waals surface area contributed by atoms with Crippen LogP contribution in [-0.4, -0.2) is 24.3 Å². The molecule has 0 heterocycles. The SMILES string of the molecule is CCCCCC/C(C)=C/C#CC(O)CCCCCCC(=O)OC. The third kappa shape index (κ3) is 15.4. The monoisotopic (exact) mass is 322 g/mol. The van der Waals surface area contributed by atoms with Crippen molar-refractivity contribution < 1.29 is 14.6 Å². The van der Waals surface area contributed by atoms with Crippen LogP contribution in [0.25, 0.3) is 0 Å². The van der Waals surface area contributed by atoms with Crippen LogP contribution in [0.5, 0.6) is 0 Å². The molecule has 0 aliphatic rings. The number of carbonyl (C=O) groups is 1. The molecule has 0 aromatic carbocycles. The molecule has 3 heteroatoms. The number of hydrogen-bond acceptors (Lipinski definition) is 3. The fraction of sp³-hybridized carbons (Fsp3) is 0.750. The van der Waals surface area contributed by atoms with Crippen molar-refractivity contribution in [1.82, 2.24) is 0 Å². The van der Waals surface area contributed by atoms with Crippen molar-refractivity contribution in [1.29, 1.82) is 0 Å². The molecule has 0 saturated heterocycles. The Bertz CT molecular complexity index is 387. The van der Waals surface area contributed by atoms with E-state index in [9.17, 15) is 9.90 Å². The normalized spacial score (nSPS) is 12.4. The van der Waals surface area contributed by atoms with E-state index in [0.29, 0.717) is 12.8 Å². The number of aliphatic hydroxyl groups excluding tert-OH is 1. The summed E-state index contributed by atoms with van der Waals surface area (Å²) >= 11 is 0. The second-order valence-electron chi connectivity index (χ2n) is 6.13. The van der Waals surface area contributed by atoms with E-state index in [4.69, 9.17) is 0 Å². The van der Waals surface area contributed by atoms with Crippen LogP contribution in [0.3, 0.4) is 0 Å². The first-order valence-corrected chi connectivity index (χ1v) is 9.01. The molecule has 1 N–H and O–H groups in total. The minimum Gasteiger partial charge on any atom is -0.469 e. The maximum Gasteiger partial charge on any atom is 0.305 e. The van der Waals surface area contributed by atoms with Gasteiger partial charge in [-0.3, -0.25) is 4.79 Å². The summed E-state index contributed by atoms with van der Waals surface area (Å²) in [5.41, 5.74) is 1.30. The Balaban J connectivity index is 3.69. The maximum atomic E-state index is 10.9. The molecule has 0 rings (SSSR count). The summed E-state index contributed by atoms with van der Waals surface area (Å²) in [5.74, 6) is 5.72. The van der Waals surface area contributed by atoms with Crippen molar-refractivity contribution in [3.05, 3.63) is 11.6 Å². The lowest BCUT2D eigenvalue weighted by Crippen LogP contribution is -2.02. The fourth-order valence-electron chi connectivity index (χ4n) is 2.30. The van der Waals surface area contributed by atoms with E-state index in [1.54, 1.807) is 0 Å². The minimum atomic E-state index is -0.542. The number of unbranched alkanes of at least 4 members (excludes halogenated alkanes) is 6. The van der Waals surface area contributed by atoms with Crippen LogP contribution in [0.15, 0.2) is 11.6 Å². The van der Waals surface area contributed by atoms with Crippen molar-refractivity contribution in [2.24, 2.45) is 0 Å². The van der Waals surface area contributed by atoms with E-state index in [0.717, 1.165) is 32.1 Å². The lowest BCUT2D eigenvalue weighted by atomic mass is 10.1. The third-order valence-corrected chi connectivity index (χ3v) is 3.83. The number of ether oxygens (including phenoxy) is 1. The van der Waals surface area contributed by atoms with Crippen molar-refractivity contribution >= 4 is 5.97 Å². The Kier molecular flexibility index (Phi) is 14.8. The van der Waals surface area contributed by atoms with E-state index in [-0.39, 0.29) is 5.97 Å².